The molecule has 152 valence electrons. The van der Waals surface area contributed by atoms with E-state index in [0.29, 0.717) is 22.9 Å². The van der Waals surface area contributed by atoms with Gasteiger partial charge in [0.05, 0.1) is 26.2 Å². The smallest absolute Gasteiger partial charge is 0.248 e. The average molecular weight is 407 g/mol. The molecule has 28 heavy (non-hydrogen) atoms. The van der Waals surface area contributed by atoms with Crippen molar-refractivity contribution in [1.29, 1.82) is 0 Å². The number of anilines is 2. The van der Waals surface area contributed by atoms with Gasteiger partial charge in [-0.25, -0.2) is 8.42 Å². The third kappa shape index (κ3) is 4.75. The van der Waals surface area contributed by atoms with Crippen molar-refractivity contribution in [2.75, 3.05) is 30.1 Å². The van der Waals surface area contributed by atoms with Crippen LogP contribution in [0.1, 0.15) is 18.1 Å². The first-order valence-corrected chi connectivity index (χ1v) is 10.5. The standard InChI is InChI=1S/C20H26N2O5S/c1-13-7-8-14(2)17(11-13)21-20(23)15(3)22(28(6,24)25)16-9-10-18(26-4)19(12-16)27-5/h7-12,15H,1-6H3,(H,21,23). The number of methoxy groups -OCH3 is 2. The molecule has 2 aromatic rings. The second-order valence-electron chi connectivity index (χ2n) is 6.58. The quantitative estimate of drug-likeness (QED) is 0.764. The molecule has 1 unspecified atom stereocenters. The van der Waals surface area contributed by atoms with E-state index in [1.165, 1.54) is 27.2 Å². The second kappa shape index (κ2) is 8.52. The van der Waals surface area contributed by atoms with Gasteiger partial charge < -0.3 is 14.8 Å². The predicted octanol–water partition coefficient (Wildman–Crippen LogP) is 3.11. The van der Waals surface area contributed by atoms with Crippen molar-refractivity contribution in [2.24, 2.45) is 0 Å². The van der Waals surface area contributed by atoms with E-state index in [1.807, 2.05) is 32.0 Å². The molecule has 0 aromatic heterocycles. The van der Waals surface area contributed by atoms with Crippen molar-refractivity contribution in [3.63, 3.8) is 0 Å². The number of carbonyl (C=O) groups excluding carboxylic acids is 1. The summed E-state index contributed by atoms with van der Waals surface area (Å²) in [4.78, 5) is 12.8. The highest BCUT2D eigenvalue weighted by Crippen LogP contribution is 2.33. The molecule has 7 nitrogen and oxygen atoms in total. The molecule has 0 fully saturated rings. The number of nitrogens with zero attached hydrogens (tertiary/aromatic N) is 1. The van der Waals surface area contributed by atoms with Crippen LogP contribution in [0.5, 0.6) is 11.5 Å². The van der Waals surface area contributed by atoms with Crippen molar-refractivity contribution >= 4 is 27.3 Å². The van der Waals surface area contributed by atoms with Crippen LogP contribution < -0.4 is 19.1 Å². The Balaban J connectivity index is 2.40. The summed E-state index contributed by atoms with van der Waals surface area (Å²) in [7, 11) is -0.788. The maximum Gasteiger partial charge on any atom is 0.248 e. The first kappa shape index (κ1) is 21.6. The highest BCUT2D eigenvalue weighted by molar-refractivity contribution is 7.92. The molecule has 2 aromatic carbocycles. The lowest BCUT2D eigenvalue weighted by Crippen LogP contribution is -2.45. The topological polar surface area (TPSA) is 84.9 Å². The van der Waals surface area contributed by atoms with E-state index in [4.69, 9.17) is 9.47 Å². The number of amides is 1. The fraction of sp³-hybridized carbons (Fsp3) is 0.350. The van der Waals surface area contributed by atoms with E-state index < -0.39 is 22.0 Å². The molecule has 0 saturated heterocycles. The second-order valence-corrected chi connectivity index (χ2v) is 8.44. The van der Waals surface area contributed by atoms with Gasteiger partial charge in [-0.3, -0.25) is 9.10 Å². The Morgan fingerprint density at radius 3 is 2.25 bits per heavy atom. The van der Waals surface area contributed by atoms with Crippen LogP contribution >= 0.6 is 0 Å². The number of hydrogen-bond acceptors (Lipinski definition) is 5. The molecular formula is C20H26N2O5S. The van der Waals surface area contributed by atoms with Crippen molar-refractivity contribution in [3.8, 4) is 11.5 Å². The molecular weight excluding hydrogens is 380 g/mol. The Morgan fingerprint density at radius 1 is 1.04 bits per heavy atom. The summed E-state index contributed by atoms with van der Waals surface area (Å²) < 4.78 is 36.5. The summed E-state index contributed by atoms with van der Waals surface area (Å²) in [6.45, 7) is 5.34. The predicted molar refractivity (Wildman–Crippen MR) is 111 cm³/mol. The molecule has 8 heteroatoms. The number of rotatable bonds is 7. The third-order valence-corrected chi connectivity index (χ3v) is 5.60. The number of hydrogen-bond donors (Lipinski definition) is 1. The monoisotopic (exact) mass is 406 g/mol. The van der Waals surface area contributed by atoms with E-state index in [1.54, 1.807) is 12.1 Å². The highest BCUT2D eigenvalue weighted by Gasteiger charge is 2.30. The minimum Gasteiger partial charge on any atom is -0.493 e. The molecule has 0 aliphatic carbocycles. The van der Waals surface area contributed by atoms with Gasteiger partial charge in [-0.1, -0.05) is 12.1 Å². The molecule has 0 aliphatic heterocycles. The summed E-state index contributed by atoms with van der Waals surface area (Å²) >= 11 is 0. The van der Waals surface area contributed by atoms with Gasteiger partial charge in [0.2, 0.25) is 15.9 Å². The summed E-state index contributed by atoms with van der Waals surface area (Å²) in [5.74, 6) is 0.400. The molecule has 0 radical (unpaired) electrons. The molecule has 2 rings (SSSR count). The van der Waals surface area contributed by atoms with Gasteiger partial charge in [0, 0.05) is 11.8 Å². The van der Waals surface area contributed by atoms with Crippen LogP contribution in [0.2, 0.25) is 0 Å². The summed E-state index contributed by atoms with van der Waals surface area (Å²) in [6.07, 6.45) is 1.06. The zero-order valence-corrected chi connectivity index (χ0v) is 17.8. The van der Waals surface area contributed by atoms with Crippen LogP contribution in [0.15, 0.2) is 36.4 Å². The average Bonchev–Trinajstić information content (AvgIpc) is 2.63. The zero-order valence-electron chi connectivity index (χ0n) is 16.9. The molecule has 0 saturated carbocycles. The number of benzene rings is 2. The maximum absolute atomic E-state index is 12.8. The molecule has 1 atom stereocenters. The minimum atomic E-state index is -3.74. The fourth-order valence-corrected chi connectivity index (χ4v) is 4.05. The van der Waals surface area contributed by atoms with Gasteiger partial charge in [0.1, 0.15) is 6.04 Å². The summed E-state index contributed by atoms with van der Waals surface area (Å²) in [5, 5.41) is 2.82. The van der Waals surface area contributed by atoms with E-state index in [2.05, 4.69) is 5.32 Å². The Kier molecular flexibility index (Phi) is 6.56. The molecule has 0 aliphatic rings. The number of aryl methyl sites for hydroxylation is 2. The number of sulfonamides is 1. The molecule has 0 heterocycles. The van der Waals surface area contributed by atoms with Crippen LogP contribution in [0, 0.1) is 13.8 Å². The normalized spacial score (nSPS) is 12.2. The minimum absolute atomic E-state index is 0.309. The van der Waals surface area contributed by atoms with Crippen LogP contribution in [0.3, 0.4) is 0 Å². The van der Waals surface area contributed by atoms with E-state index in [0.717, 1.165) is 21.7 Å². The largest absolute Gasteiger partial charge is 0.493 e. The van der Waals surface area contributed by atoms with Crippen LogP contribution in [0.4, 0.5) is 11.4 Å². The van der Waals surface area contributed by atoms with Gasteiger partial charge in [0.15, 0.2) is 11.5 Å². The first-order valence-electron chi connectivity index (χ1n) is 8.68. The van der Waals surface area contributed by atoms with Gasteiger partial charge in [-0.2, -0.15) is 0 Å². The van der Waals surface area contributed by atoms with E-state index in [9.17, 15) is 13.2 Å². The van der Waals surface area contributed by atoms with E-state index >= 15 is 0 Å². The lowest BCUT2D eigenvalue weighted by molar-refractivity contribution is -0.116. The SMILES string of the molecule is COc1ccc(N(C(C)C(=O)Nc2cc(C)ccc2C)S(C)(=O)=O)cc1OC. The van der Waals surface area contributed by atoms with Crippen molar-refractivity contribution in [1.82, 2.24) is 0 Å². The van der Waals surface area contributed by atoms with Crippen LogP contribution in [-0.4, -0.2) is 40.8 Å². The first-order chi connectivity index (χ1) is 13.1. The highest BCUT2D eigenvalue weighted by atomic mass is 32.2. The molecule has 0 bridgehead atoms. The van der Waals surface area contributed by atoms with Crippen LogP contribution in [0.25, 0.3) is 0 Å². The Bertz CT molecular complexity index is 973. The fourth-order valence-electron chi connectivity index (χ4n) is 2.88. The third-order valence-electron chi connectivity index (χ3n) is 4.36. The van der Waals surface area contributed by atoms with Gasteiger partial charge >= 0.3 is 0 Å². The Labute approximate surface area is 166 Å². The van der Waals surface area contributed by atoms with Gasteiger partial charge in [-0.15, -0.1) is 0 Å². The lowest BCUT2D eigenvalue weighted by Gasteiger charge is -2.29. The Morgan fingerprint density at radius 2 is 1.68 bits per heavy atom. The summed E-state index contributed by atoms with van der Waals surface area (Å²) in [6, 6.07) is 9.42. The molecule has 1 amide bonds. The molecule has 1 N–H and O–H groups in total. The Hall–Kier alpha value is -2.74. The number of nitrogens with one attached hydrogen (secondary N) is 1. The van der Waals surface area contributed by atoms with Crippen molar-refractivity contribution in [3.05, 3.63) is 47.5 Å². The van der Waals surface area contributed by atoms with Gasteiger partial charge in [0.25, 0.3) is 0 Å². The van der Waals surface area contributed by atoms with Crippen molar-refractivity contribution < 1.29 is 22.7 Å². The van der Waals surface area contributed by atoms with Gasteiger partial charge in [-0.05, 0) is 50.1 Å². The number of ether oxygens (including phenoxy) is 2. The zero-order chi connectivity index (χ0) is 21.1. The van der Waals surface area contributed by atoms with Crippen molar-refractivity contribution in [2.45, 2.75) is 26.8 Å². The van der Waals surface area contributed by atoms with Crippen LogP contribution in [-0.2, 0) is 14.8 Å². The summed E-state index contributed by atoms with van der Waals surface area (Å²) in [5.41, 5.74) is 2.85. The lowest BCUT2D eigenvalue weighted by atomic mass is 10.1. The van der Waals surface area contributed by atoms with E-state index in [-0.39, 0.29) is 0 Å². The number of carbonyl (C=O) groups is 1. The molecule has 0 spiro atoms. The maximum atomic E-state index is 12.8.